The highest BCUT2D eigenvalue weighted by atomic mass is 15.1. The lowest BCUT2D eigenvalue weighted by atomic mass is 9.67. The molecule has 0 fully saturated rings. The highest BCUT2D eigenvalue weighted by Gasteiger charge is 2.47. The zero-order valence-corrected chi connectivity index (χ0v) is 35.3. The Morgan fingerprint density at radius 3 is 1.29 bits per heavy atom. The predicted octanol–water partition coefficient (Wildman–Crippen LogP) is 15.8. The van der Waals surface area contributed by atoms with E-state index in [9.17, 15) is 5.48 Å². The van der Waals surface area contributed by atoms with Gasteiger partial charge in [-0.2, -0.15) is 0 Å². The molecule has 0 saturated heterocycles. The van der Waals surface area contributed by atoms with E-state index in [-0.39, 0.29) is 46.3 Å². The Balaban J connectivity index is 1.10. The van der Waals surface area contributed by atoms with Crippen molar-refractivity contribution in [2.75, 3.05) is 4.90 Å². The Bertz CT molecular complexity index is 3300. The zero-order valence-electron chi connectivity index (χ0n) is 39.3. The number of nitrogens with zero attached hydrogens (tertiary/aromatic N) is 1. The Hall–Kier alpha value is -7.22. The van der Waals surface area contributed by atoms with Crippen LogP contribution in [0.5, 0.6) is 0 Å². The van der Waals surface area contributed by atoms with Gasteiger partial charge < -0.3 is 4.90 Å². The Morgan fingerprint density at radius 2 is 0.758 bits per heavy atom. The molecule has 1 heteroatoms. The van der Waals surface area contributed by atoms with Crippen LogP contribution in [0.3, 0.4) is 0 Å². The molecule has 0 atom stereocenters. The van der Waals surface area contributed by atoms with Crippen LogP contribution in [-0.4, -0.2) is 0 Å². The van der Waals surface area contributed by atoms with Crippen molar-refractivity contribution in [3.05, 3.63) is 257 Å². The van der Waals surface area contributed by atoms with E-state index < -0.39 is 5.41 Å². The summed E-state index contributed by atoms with van der Waals surface area (Å²) in [5.41, 5.74) is 17.4. The van der Waals surface area contributed by atoms with E-state index in [1.165, 1.54) is 33.4 Å². The van der Waals surface area contributed by atoms with E-state index in [4.69, 9.17) is 0 Å². The zero-order chi connectivity index (χ0) is 45.3. The summed E-state index contributed by atoms with van der Waals surface area (Å²) < 4.78 is 40.2. The number of anilines is 3. The summed E-state index contributed by atoms with van der Waals surface area (Å²) in [7, 11) is 0. The van der Waals surface area contributed by atoms with Crippen LogP contribution in [0.25, 0.3) is 44.5 Å². The van der Waals surface area contributed by atoms with Crippen molar-refractivity contribution in [2.24, 2.45) is 0 Å². The number of hydrogen-bond acceptors (Lipinski definition) is 1. The highest BCUT2D eigenvalue weighted by molar-refractivity contribution is 5.96. The maximum Gasteiger partial charge on any atom is 0.0713 e. The molecule has 1 nitrogen and oxygen atoms in total. The van der Waals surface area contributed by atoms with Gasteiger partial charge in [-0.05, 0) is 125 Å². The number of hydrogen-bond donors (Lipinski definition) is 0. The van der Waals surface area contributed by atoms with Crippen LogP contribution in [-0.2, 0) is 16.2 Å². The van der Waals surface area contributed by atoms with Gasteiger partial charge in [0.05, 0.1) is 10.9 Å². The van der Waals surface area contributed by atoms with Gasteiger partial charge in [-0.25, -0.2) is 0 Å². The van der Waals surface area contributed by atoms with Gasteiger partial charge in [-0.15, -0.1) is 0 Å². The molecular formula is C61H47N. The summed E-state index contributed by atoms with van der Waals surface area (Å²) in [6.07, 6.45) is 0. The number of fused-ring (bicyclic) bond motifs is 9. The van der Waals surface area contributed by atoms with Crippen LogP contribution in [0.2, 0.25) is 0 Å². The molecule has 0 radical (unpaired) electrons. The third kappa shape index (κ3) is 5.03. The van der Waals surface area contributed by atoms with E-state index >= 15 is 0 Å². The van der Waals surface area contributed by atoms with Gasteiger partial charge in [0, 0.05) is 27.9 Å². The molecule has 9 aromatic rings. The van der Waals surface area contributed by atoms with E-state index in [1.807, 2.05) is 35.2 Å². The first-order valence-corrected chi connectivity index (χ1v) is 21.7. The molecule has 62 heavy (non-hydrogen) atoms. The summed E-state index contributed by atoms with van der Waals surface area (Å²) in [4.78, 5) is 1.98. The predicted molar refractivity (Wildman–Crippen MR) is 259 cm³/mol. The molecule has 0 aliphatic heterocycles. The molecule has 0 aromatic heterocycles. The van der Waals surface area contributed by atoms with Crippen molar-refractivity contribution in [1.29, 1.82) is 0 Å². The average Bonchev–Trinajstić information content (AvgIpc) is 3.88. The monoisotopic (exact) mass is 797 g/mol. The first-order valence-electron chi connectivity index (χ1n) is 23.7. The minimum absolute atomic E-state index is 0.0819. The van der Waals surface area contributed by atoms with Crippen molar-refractivity contribution < 1.29 is 5.48 Å². The standard InChI is InChI=1S/C61H47N/c1-59(2)52-26-14-11-22-47(52)49-36-34-44(38-56(49)59)62(45-35-37-50-48-23-12-15-27-53(48)60(3,4)57(50)39-45)43-32-30-40(31-33-43)46-25-17-29-55-58(46)51-24-13-16-28-54(51)61(55,41-18-7-5-8-19-41)42-20-9-6-10-21-42/h5-39H,1-4H3/i30D,31D,32D,33D. The second kappa shape index (κ2) is 13.4. The maximum absolute atomic E-state index is 10.1. The molecule has 0 saturated carbocycles. The number of benzene rings is 9. The largest absolute Gasteiger partial charge is 0.310 e. The molecule has 0 unspecified atom stereocenters. The molecule has 296 valence electrons. The van der Waals surface area contributed by atoms with Crippen molar-refractivity contribution in [1.82, 2.24) is 0 Å². The van der Waals surface area contributed by atoms with E-state index in [0.29, 0.717) is 5.56 Å². The van der Waals surface area contributed by atoms with E-state index in [2.05, 4.69) is 185 Å². The number of rotatable bonds is 6. The van der Waals surface area contributed by atoms with Gasteiger partial charge >= 0.3 is 0 Å². The van der Waals surface area contributed by atoms with Crippen LogP contribution >= 0.6 is 0 Å². The lowest BCUT2D eigenvalue weighted by Crippen LogP contribution is -2.28. The van der Waals surface area contributed by atoms with Gasteiger partial charge in [0.25, 0.3) is 0 Å². The summed E-state index contributed by atoms with van der Waals surface area (Å²) in [6.45, 7) is 9.02. The first kappa shape index (κ1) is 32.5. The molecular weight excluding hydrogens is 747 g/mol. The third-order valence-electron chi connectivity index (χ3n) is 14.2. The topological polar surface area (TPSA) is 3.24 Å². The molecule has 0 amide bonds. The van der Waals surface area contributed by atoms with Crippen LogP contribution in [0.1, 0.15) is 77.7 Å². The highest BCUT2D eigenvalue weighted by Crippen LogP contribution is 2.59. The van der Waals surface area contributed by atoms with Gasteiger partial charge in [0.1, 0.15) is 0 Å². The van der Waals surface area contributed by atoms with Gasteiger partial charge in [-0.3, -0.25) is 0 Å². The minimum atomic E-state index is -0.679. The Kier molecular flexibility index (Phi) is 7.03. The van der Waals surface area contributed by atoms with Gasteiger partial charge in [0.15, 0.2) is 0 Å². The lowest BCUT2D eigenvalue weighted by Gasteiger charge is -2.34. The molecule has 12 rings (SSSR count). The summed E-state index contributed by atoms with van der Waals surface area (Å²) in [6, 6.07) is 65.5. The fraction of sp³-hybridized carbons (Fsp3) is 0.115. The summed E-state index contributed by atoms with van der Waals surface area (Å²) in [5, 5.41) is 0. The SMILES string of the molecule is [2H]c1c([2H])c(N(c2ccc3c(c2)C(C)(C)c2ccccc2-3)c2ccc3c(c2)C(C)(C)c2ccccc2-3)c([2H])c([2H])c1-c1cccc2c1-c1ccccc1C2(c1ccccc1)c1ccccc1. The fourth-order valence-electron chi connectivity index (χ4n) is 11.3. The van der Waals surface area contributed by atoms with Crippen molar-refractivity contribution in [2.45, 2.75) is 43.9 Å². The lowest BCUT2D eigenvalue weighted by molar-refractivity contribution is 0.660. The van der Waals surface area contributed by atoms with Crippen molar-refractivity contribution in [3.8, 4) is 44.5 Å². The molecule has 3 aliphatic carbocycles. The van der Waals surface area contributed by atoms with Crippen molar-refractivity contribution >= 4 is 17.1 Å². The quantitative estimate of drug-likeness (QED) is 0.162. The summed E-state index contributed by atoms with van der Waals surface area (Å²) in [5.74, 6) is 0. The van der Waals surface area contributed by atoms with Crippen LogP contribution in [0.15, 0.2) is 212 Å². The Morgan fingerprint density at radius 1 is 0.339 bits per heavy atom. The third-order valence-corrected chi connectivity index (χ3v) is 14.2. The van der Waals surface area contributed by atoms with Gasteiger partial charge in [-0.1, -0.05) is 204 Å². The molecule has 0 N–H and O–H groups in total. The average molecular weight is 798 g/mol. The summed E-state index contributed by atoms with van der Waals surface area (Å²) >= 11 is 0. The van der Waals surface area contributed by atoms with Crippen LogP contribution < -0.4 is 4.90 Å². The molecule has 0 bridgehead atoms. The smallest absolute Gasteiger partial charge is 0.0713 e. The van der Waals surface area contributed by atoms with Crippen molar-refractivity contribution in [3.63, 3.8) is 0 Å². The maximum atomic E-state index is 10.1. The molecule has 9 aromatic carbocycles. The van der Waals surface area contributed by atoms with Crippen LogP contribution in [0.4, 0.5) is 17.1 Å². The van der Waals surface area contributed by atoms with E-state index in [0.717, 1.165) is 55.9 Å². The van der Waals surface area contributed by atoms with Crippen LogP contribution in [0, 0.1) is 0 Å². The molecule has 0 spiro atoms. The Labute approximate surface area is 371 Å². The van der Waals surface area contributed by atoms with E-state index in [1.54, 1.807) is 0 Å². The normalized spacial score (nSPS) is 16.1. The second-order valence-electron chi connectivity index (χ2n) is 18.1. The fourth-order valence-corrected chi connectivity index (χ4v) is 11.3. The first-order chi connectivity index (χ1) is 32.0. The second-order valence-corrected chi connectivity index (χ2v) is 18.1. The minimum Gasteiger partial charge on any atom is -0.310 e. The molecule has 3 aliphatic rings. The molecule has 0 heterocycles. The van der Waals surface area contributed by atoms with Gasteiger partial charge in [0.2, 0.25) is 0 Å².